The summed E-state index contributed by atoms with van der Waals surface area (Å²) in [6.45, 7) is 3.84. The molecule has 4 nitrogen and oxygen atoms in total. The highest BCUT2D eigenvalue weighted by atomic mass is 32.2. The lowest BCUT2D eigenvalue weighted by Gasteiger charge is -2.19. The molecule has 0 saturated carbocycles. The van der Waals surface area contributed by atoms with Crippen LogP contribution >= 0.6 is 11.8 Å². The van der Waals surface area contributed by atoms with Crippen molar-refractivity contribution in [2.75, 3.05) is 0 Å². The van der Waals surface area contributed by atoms with Gasteiger partial charge in [-0.15, -0.1) is 0 Å². The number of aryl methyl sites for hydroxylation is 1. The molecule has 2 rings (SSSR count). The lowest BCUT2D eigenvalue weighted by atomic mass is 10.1. The van der Waals surface area contributed by atoms with Crippen LogP contribution in [0.4, 0.5) is 0 Å². The van der Waals surface area contributed by atoms with Gasteiger partial charge in [-0.05, 0) is 12.5 Å². The molecular formula is C14H17N3OS. The Morgan fingerprint density at radius 1 is 1.32 bits per heavy atom. The molecule has 2 unspecified atom stereocenters. The quantitative estimate of drug-likeness (QED) is 0.663. The van der Waals surface area contributed by atoms with E-state index < -0.39 is 0 Å². The third-order valence-electron chi connectivity index (χ3n) is 2.84. The zero-order valence-corrected chi connectivity index (χ0v) is 11.8. The van der Waals surface area contributed by atoms with Gasteiger partial charge in [0.2, 0.25) is 0 Å². The number of hydrogen-bond acceptors (Lipinski definition) is 4. The Kier molecular flexibility index (Phi) is 4.39. The number of nitrogens with one attached hydrogen (secondary N) is 1. The average Bonchev–Trinajstić information content (AvgIpc) is 2.37. The van der Waals surface area contributed by atoms with Gasteiger partial charge >= 0.3 is 0 Å². The first-order chi connectivity index (χ1) is 9.06. The molecule has 0 bridgehead atoms. The number of rotatable bonds is 4. The number of thioether (sulfide) groups is 1. The van der Waals surface area contributed by atoms with Gasteiger partial charge in [0.05, 0.1) is 0 Å². The number of aromatic amines is 1. The van der Waals surface area contributed by atoms with E-state index in [-0.39, 0.29) is 16.9 Å². The van der Waals surface area contributed by atoms with Crippen molar-refractivity contribution in [3.05, 3.63) is 58.0 Å². The van der Waals surface area contributed by atoms with Gasteiger partial charge in [-0.25, -0.2) is 4.98 Å². The van der Waals surface area contributed by atoms with E-state index in [1.165, 1.54) is 17.8 Å². The maximum absolute atomic E-state index is 11.4. The molecule has 1 aromatic heterocycles. The maximum atomic E-state index is 11.4. The minimum atomic E-state index is -0.129. The van der Waals surface area contributed by atoms with E-state index in [4.69, 9.17) is 5.73 Å². The average molecular weight is 275 g/mol. The Morgan fingerprint density at radius 2 is 2.00 bits per heavy atom. The first-order valence-electron chi connectivity index (χ1n) is 6.11. The molecule has 19 heavy (non-hydrogen) atoms. The Hall–Kier alpha value is -1.59. The smallest absolute Gasteiger partial charge is 0.251 e. The van der Waals surface area contributed by atoms with Crippen LogP contribution in [0.2, 0.25) is 0 Å². The number of benzene rings is 1. The van der Waals surface area contributed by atoms with E-state index in [1.54, 1.807) is 6.92 Å². The van der Waals surface area contributed by atoms with Crippen LogP contribution in [0.1, 0.15) is 24.2 Å². The van der Waals surface area contributed by atoms with Gasteiger partial charge in [0.15, 0.2) is 5.16 Å². The van der Waals surface area contributed by atoms with Crippen molar-refractivity contribution in [3.8, 4) is 0 Å². The van der Waals surface area contributed by atoms with E-state index in [1.807, 2.05) is 37.3 Å². The molecule has 1 heterocycles. The summed E-state index contributed by atoms with van der Waals surface area (Å²) in [6.07, 6.45) is 0. The Morgan fingerprint density at radius 3 is 2.63 bits per heavy atom. The van der Waals surface area contributed by atoms with Crippen LogP contribution in [0, 0.1) is 6.92 Å². The molecule has 0 aliphatic heterocycles. The third kappa shape index (κ3) is 3.68. The summed E-state index contributed by atoms with van der Waals surface area (Å²) < 4.78 is 0. The van der Waals surface area contributed by atoms with Crippen LogP contribution in [-0.2, 0) is 0 Å². The molecule has 2 aromatic rings. The molecule has 0 radical (unpaired) electrons. The molecule has 0 aliphatic rings. The highest BCUT2D eigenvalue weighted by Gasteiger charge is 2.17. The topological polar surface area (TPSA) is 71.8 Å². The minimum absolute atomic E-state index is 0.1000. The molecule has 100 valence electrons. The van der Waals surface area contributed by atoms with Crippen molar-refractivity contribution < 1.29 is 0 Å². The normalized spacial score (nSPS) is 14.1. The molecule has 0 saturated heterocycles. The van der Waals surface area contributed by atoms with Crippen molar-refractivity contribution in [3.63, 3.8) is 0 Å². The second-order valence-corrected chi connectivity index (χ2v) is 5.82. The fraction of sp³-hybridized carbons (Fsp3) is 0.286. The first kappa shape index (κ1) is 13.8. The summed E-state index contributed by atoms with van der Waals surface area (Å²) in [5.41, 5.74) is 7.89. The maximum Gasteiger partial charge on any atom is 0.251 e. The summed E-state index contributed by atoms with van der Waals surface area (Å²) in [6, 6.07) is 11.3. The van der Waals surface area contributed by atoms with Crippen LogP contribution in [0.15, 0.2) is 46.3 Å². The highest BCUT2D eigenvalue weighted by Crippen LogP contribution is 2.27. The van der Waals surface area contributed by atoms with Crippen LogP contribution < -0.4 is 11.3 Å². The number of aromatic nitrogens is 2. The van der Waals surface area contributed by atoms with E-state index in [2.05, 4.69) is 9.97 Å². The fourth-order valence-corrected chi connectivity index (χ4v) is 2.82. The van der Waals surface area contributed by atoms with Crippen LogP contribution in [0.25, 0.3) is 0 Å². The molecular weight excluding hydrogens is 258 g/mol. The molecule has 3 N–H and O–H groups in total. The second-order valence-electron chi connectivity index (χ2n) is 4.45. The van der Waals surface area contributed by atoms with E-state index in [0.29, 0.717) is 10.9 Å². The predicted octanol–water partition coefficient (Wildman–Crippen LogP) is 2.26. The van der Waals surface area contributed by atoms with Gasteiger partial charge in [-0.1, -0.05) is 49.0 Å². The van der Waals surface area contributed by atoms with Crippen LogP contribution in [0.5, 0.6) is 0 Å². The molecule has 0 aliphatic carbocycles. The monoisotopic (exact) mass is 275 g/mol. The summed E-state index contributed by atoms with van der Waals surface area (Å²) in [5, 5.41) is 0.733. The Labute approximate surface area is 116 Å². The zero-order chi connectivity index (χ0) is 13.8. The molecule has 0 fully saturated rings. The van der Waals surface area contributed by atoms with Crippen LogP contribution in [0.3, 0.4) is 0 Å². The lowest BCUT2D eigenvalue weighted by Crippen LogP contribution is -2.22. The van der Waals surface area contributed by atoms with Crippen molar-refractivity contribution in [1.29, 1.82) is 0 Å². The van der Waals surface area contributed by atoms with Crippen molar-refractivity contribution in [2.24, 2.45) is 5.73 Å². The molecule has 2 atom stereocenters. The zero-order valence-electron chi connectivity index (χ0n) is 11.0. The summed E-state index contributed by atoms with van der Waals surface area (Å²) in [5.74, 6) is 0. The standard InChI is InChI=1S/C14H17N3OS/c1-9-8-12(18)17-14(16-9)19-10(2)13(15)11-6-4-3-5-7-11/h3-8,10,13H,15H2,1-2H3,(H,16,17,18). The van der Waals surface area contributed by atoms with Gasteiger partial charge in [0, 0.05) is 23.1 Å². The number of nitrogens with zero attached hydrogens (tertiary/aromatic N) is 1. The molecule has 1 aromatic carbocycles. The molecule has 5 heteroatoms. The summed E-state index contributed by atoms with van der Waals surface area (Å²) in [7, 11) is 0. The van der Waals surface area contributed by atoms with Gasteiger partial charge in [-0.3, -0.25) is 4.79 Å². The third-order valence-corrected chi connectivity index (χ3v) is 3.92. The number of H-pyrrole nitrogens is 1. The molecule has 0 spiro atoms. The Balaban J connectivity index is 2.12. The largest absolute Gasteiger partial charge is 0.323 e. The van der Waals surface area contributed by atoms with Crippen molar-refractivity contribution in [2.45, 2.75) is 30.3 Å². The fourth-order valence-electron chi connectivity index (χ4n) is 1.80. The van der Waals surface area contributed by atoms with Gasteiger partial charge in [0.1, 0.15) is 0 Å². The van der Waals surface area contributed by atoms with Crippen molar-refractivity contribution in [1.82, 2.24) is 9.97 Å². The SMILES string of the molecule is Cc1cc(=O)[nH]c(SC(C)C(N)c2ccccc2)n1. The Bertz CT molecular complexity index is 597. The minimum Gasteiger partial charge on any atom is -0.323 e. The summed E-state index contributed by atoms with van der Waals surface area (Å²) >= 11 is 1.48. The second kappa shape index (κ2) is 6.04. The van der Waals surface area contributed by atoms with Gasteiger partial charge in [0.25, 0.3) is 5.56 Å². The van der Waals surface area contributed by atoms with Crippen LogP contribution in [-0.4, -0.2) is 15.2 Å². The number of hydrogen-bond donors (Lipinski definition) is 2. The first-order valence-corrected chi connectivity index (χ1v) is 6.99. The lowest BCUT2D eigenvalue weighted by molar-refractivity contribution is 0.711. The molecule has 0 amide bonds. The van der Waals surface area contributed by atoms with E-state index in [0.717, 1.165) is 5.56 Å². The highest BCUT2D eigenvalue weighted by molar-refractivity contribution is 7.99. The van der Waals surface area contributed by atoms with Gasteiger partial charge in [-0.2, -0.15) is 0 Å². The van der Waals surface area contributed by atoms with Crippen molar-refractivity contribution >= 4 is 11.8 Å². The van der Waals surface area contributed by atoms with E-state index >= 15 is 0 Å². The number of nitrogens with two attached hydrogens (primary N) is 1. The predicted molar refractivity (Wildman–Crippen MR) is 78.3 cm³/mol. The summed E-state index contributed by atoms with van der Waals surface area (Å²) in [4.78, 5) is 18.4. The van der Waals surface area contributed by atoms with Gasteiger partial charge < -0.3 is 10.7 Å². The van der Waals surface area contributed by atoms with E-state index in [9.17, 15) is 4.79 Å².